The number of benzene rings is 4. The van der Waals surface area contributed by atoms with Gasteiger partial charge in [-0.1, -0.05) is 121 Å². The van der Waals surface area contributed by atoms with E-state index >= 15 is 0 Å². The zero-order valence-corrected chi connectivity index (χ0v) is 15.0. The minimum absolute atomic E-state index is 1.24. The fourth-order valence-electron chi connectivity index (χ4n) is 4.41. The van der Waals surface area contributed by atoms with Gasteiger partial charge in [0.25, 0.3) is 0 Å². The summed E-state index contributed by atoms with van der Waals surface area (Å²) in [6, 6.07) is 41.6. The van der Waals surface area contributed by atoms with Crippen molar-refractivity contribution in [3.63, 3.8) is 0 Å². The van der Waals surface area contributed by atoms with E-state index in [1.165, 1.54) is 27.4 Å². The van der Waals surface area contributed by atoms with Gasteiger partial charge in [0.1, 0.15) is 6.15 Å². The molecule has 0 spiro atoms. The highest BCUT2D eigenvalue weighted by Crippen LogP contribution is 2.11. The van der Waals surface area contributed by atoms with Crippen molar-refractivity contribution < 1.29 is 0 Å². The molecular formula is C25H22B-. The number of rotatable bonds is 4. The molecule has 0 bridgehead atoms. The first kappa shape index (κ1) is 16.4. The molecule has 0 nitrogen and oxygen atoms in total. The Kier molecular flexibility index (Phi) is 4.45. The summed E-state index contributed by atoms with van der Waals surface area (Å²) >= 11 is 0. The maximum atomic E-state index is 2.29. The Morgan fingerprint density at radius 1 is 0.423 bits per heavy atom. The zero-order chi connectivity index (χ0) is 17.8. The van der Waals surface area contributed by atoms with E-state index in [0.29, 0.717) is 0 Å². The van der Waals surface area contributed by atoms with Crippen LogP contribution in [0.4, 0.5) is 0 Å². The molecule has 0 aliphatic carbocycles. The predicted octanol–water partition coefficient (Wildman–Crippen LogP) is 3.37. The lowest BCUT2D eigenvalue weighted by atomic mass is 9.12. The fourth-order valence-corrected chi connectivity index (χ4v) is 4.41. The van der Waals surface area contributed by atoms with Crippen molar-refractivity contribution in [3.8, 4) is 0 Å². The Morgan fingerprint density at radius 2 is 0.769 bits per heavy atom. The molecule has 26 heavy (non-hydrogen) atoms. The Hall–Kier alpha value is -3.06. The molecule has 0 radical (unpaired) electrons. The van der Waals surface area contributed by atoms with Gasteiger partial charge < -0.3 is 0 Å². The molecular weight excluding hydrogens is 311 g/mol. The molecule has 4 aromatic carbocycles. The van der Waals surface area contributed by atoms with Crippen LogP contribution in [0, 0.1) is 6.92 Å². The van der Waals surface area contributed by atoms with E-state index in [4.69, 9.17) is 0 Å². The van der Waals surface area contributed by atoms with Crippen LogP contribution in [0.25, 0.3) is 0 Å². The minimum Gasteiger partial charge on any atom is -0.195 e. The summed E-state index contributed by atoms with van der Waals surface area (Å²) in [7, 11) is 0. The maximum absolute atomic E-state index is 2.29. The lowest BCUT2D eigenvalue weighted by molar-refractivity contribution is 1.50. The lowest BCUT2D eigenvalue weighted by Gasteiger charge is -2.45. The fraction of sp³-hybridized carbons (Fsp3) is 0.0400. The highest BCUT2D eigenvalue weighted by molar-refractivity contribution is 7.20. The Balaban J connectivity index is 2.17. The number of aryl methyl sites for hydroxylation is 1. The summed E-state index contributed by atoms with van der Waals surface area (Å²) in [4.78, 5) is 0. The van der Waals surface area contributed by atoms with E-state index in [-0.39, 0.29) is 0 Å². The van der Waals surface area contributed by atoms with Gasteiger partial charge in [-0.05, 0) is 6.92 Å². The molecule has 0 fully saturated rings. The van der Waals surface area contributed by atoms with Crippen molar-refractivity contribution in [2.24, 2.45) is 0 Å². The zero-order valence-electron chi connectivity index (χ0n) is 15.0. The van der Waals surface area contributed by atoms with Crippen LogP contribution in [0.2, 0.25) is 0 Å². The van der Waals surface area contributed by atoms with Crippen LogP contribution in [0.15, 0.2) is 115 Å². The number of hydrogen-bond acceptors (Lipinski definition) is 0. The van der Waals surface area contributed by atoms with Crippen molar-refractivity contribution in [1.29, 1.82) is 0 Å². The molecule has 126 valence electrons. The monoisotopic (exact) mass is 333 g/mol. The molecule has 0 aromatic heterocycles. The summed E-state index contributed by atoms with van der Waals surface area (Å²) in [6.45, 7) is 2.22. The second-order valence-electron chi connectivity index (χ2n) is 6.95. The van der Waals surface area contributed by atoms with Gasteiger partial charge in [-0.15, -0.1) is 0 Å². The summed E-state index contributed by atoms with van der Waals surface area (Å²) in [6.07, 6.45) is -1.24. The molecule has 0 unspecified atom stereocenters. The summed E-state index contributed by atoms with van der Waals surface area (Å²) < 4.78 is 0. The second-order valence-corrected chi connectivity index (χ2v) is 6.95. The van der Waals surface area contributed by atoms with Gasteiger partial charge in [-0.25, -0.2) is 0 Å². The molecule has 0 aliphatic rings. The summed E-state index contributed by atoms with van der Waals surface area (Å²) in [5.41, 5.74) is 6.75. The van der Waals surface area contributed by atoms with Crippen LogP contribution in [-0.2, 0) is 0 Å². The number of hydrogen-bond donors (Lipinski definition) is 0. The van der Waals surface area contributed by atoms with Crippen LogP contribution >= 0.6 is 0 Å². The van der Waals surface area contributed by atoms with E-state index in [0.717, 1.165) is 0 Å². The largest absolute Gasteiger partial charge is 0.195 e. The Morgan fingerprint density at radius 3 is 1.15 bits per heavy atom. The minimum atomic E-state index is -1.24. The molecule has 0 aliphatic heterocycles. The van der Waals surface area contributed by atoms with Crippen LogP contribution in [0.5, 0.6) is 0 Å². The van der Waals surface area contributed by atoms with Crippen LogP contribution in [-0.4, -0.2) is 6.15 Å². The van der Waals surface area contributed by atoms with Gasteiger partial charge in [0.05, 0.1) is 0 Å². The molecule has 0 saturated carbocycles. The maximum Gasteiger partial charge on any atom is 0.108 e. The first-order chi connectivity index (χ1) is 12.8. The Labute approximate surface area is 156 Å². The van der Waals surface area contributed by atoms with Gasteiger partial charge in [-0.3, -0.25) is 0 Å². The predicted molar refractivity (Wildman–Crippen MR) is 115 cm³/mol. The summed E-state index contributed by atoms with van der Waals surface area (Å²) in [5.74, 6) is 0. The van der Waals surface area contributed by atoms with Gasteiger partial charge >= 0.3 is 0 Å². The third-order valence-corrected chi connectivity index (χ3v) is 5.55. The quantitative estimate of drug-likeness (QED) is 0.502. The molecule has 0 amide bonds. The standard InChI is InChI=1S/C25H22B/c1-21-13-11-12-20-25(21)26(22-14-5-2-6-15-22,23-16-7-3-8-17-23)24-18-9-4-10-19-24/h2-20H,1H3/q-1. The molecule has 0 saturated heterocycles. The average Bonchev–Trinajstić information content (AvgIpc) is 2.72. The summed E-state index contributed by atoms with van der Waals surface area (Å²) in [5, 5.41) is 0. The normalized spacial score (nSPS) is 11.3. The highest BCUT2D eigenvalue weighted by atomic mass is 14.1. The van der Waals surface area contributed by atoms with Crippen molar-refractivity contribution in [3.05, 3.63) is 121 Å². The van der Waals surface area contributed by atoms with E-state index in [2.05, 4.69) is 122 Å². The van der Waals surface area contributed by atoms with E-state index in [1.54, 1.807) is 0 Å². The second kappa shape index (κ2) is 7.05. The first-order valence-electron chi connectivity index (χ1n) is 9.21. The smallest absolute Gasteiger partial charge is 0.108 e. The van der Waals surface area contributed by atoms with E-state index < -0.39 is 6.15 Å². The molecule has 1 heteroatoms. The third-order valence-electron chi connectivity index (χ3n) is 5.55. The van der Waals surface area contributed by atoms with Crippen LogP contribution in [0.1, 0.15) is 5.56 Å². The van der Waals surface area contributed by atoms with Crippen molar-refractivity contribution in [2.75, 3.05) is 0 Å². The SMILES string of the molecule is Cc1ccccc1[B-](c1ccccc1)(c1ccccc1)c1ccccc1. The first-order valence-corrected chi connectivity index (χ1v) is 9.21. The highest BCUT2D eigenvalue weighted by Gasteiger charge is 2.32. The molecule has 0 heterocycles. The van der Waals surface area contributed by atoms with Gasteiger partial charge in [-0.2, -0.15) is 21.9 Å². The Bertz CT molecular complexity index is 879. The molecule has 0 N–H and O–H groups in total. The van der Waals surface area contributed by atoms with Crippen LogP contribution < -0.4 is 21.9 Å². The van der Waals surface area contributed by atoms with Crippen molar-refractivity contribution >= 4 is 28.0 Å². The van der Waals surface area contributed by atoms with Crippen molar-refractivity contribution in [1.82, 2.24) is 0 Å². The topological polar surface area (TPSA) is 0 Å². The molecule has 4 rings (SSSR count). The lowest BCUT2D eigenvalue weighted by Crippen LogP contribution is -2.75. The van der Waals surface area contributed by atoms with Crippen LogP contribution in [0.3, 0.4) is 0 Å². The molecule has 0 atom stereocenters. The van der Waals surface area contributed by atoms with E-state index in [1.807, 2.05) is 0 Å². The van der Waals surface area contributed by atoms with E-state index in [9.17, 15) is 0 Å². The molecule has 4 aromatic rings. The van der Waals surface area contributed by atoms with Crippen molar-refractivity contribution in [2.45, 2.75) is 6.92 Å². The van der Waals surface area contributed by atoms with Gasteiger partial charge in [0.15, 0.2) is 0 Å². The van der Waals surface area contributed by atoms with Gasteiger partial charge in [0, 0.05) is 0 Å². The third kappa shape index (κ3) is 2.66. The average molecular weight is 333 g/mol. The van der Waals surface area contributed by atoms with Gasteiger partial charge in [0.2, 0.25) is 0 Å².